The highest BCUT2D eigenvalue weighted by Gasteiger charge is 2.19. The fourth-order valence-corrected chi connectivity index (χ4v) is 3.46. The lowest BCUT2D eigenvalue weighted by Gasteiger charge is -2.14. The lowest BCUT2D eigenvalue weighted by molar-refractivity contribution is -0.384. The van der Waals surface area contributed by atoms with E-state index >= 15 is 0 Å². The summed E-state index contributed by atoms with van der Waals surface area (Å²) in [5, 5.41) is 17.2. The second kappa shape index (κ2) is 10.8. The smallest absolute Gasteiger partial charge is 0.272 e. The zero-order valence-corrected chi connectivity index (χ0v) is 19.6. The SMILES string of the molecule is COc1ccc(Cl)cc1C(=O)NC(=Cc1cccc([N+](=O)[O-])c1)C(=O)Nc1ccc(Cl)cc1C. The van der Waals surface area contributed by atoms with Gasteiger partial charge in [0.1, 0.15) is 11.4 Å². The molecule has 0 atom stereocenters. The van der Waals surface area contributed by atoms with Crippen molar-refractivity contribution in [3.05, 3.63) is 103 Å². The van der Waals surface area contributed by atoms with E-state index in [0.29, 0.717) is 26.9 Å². The molecule has 34 heavy (non-hydrogen) atoms. The lowest BCUT2D eigenvalue weighted by Crippen LogP contribution is -2.31. The first-order chi connectivity index (χ1) is 16.2. The molecule has 0 bridgehead atoms. The number of halogens is 2. The number of amides is 2. The van der Waals surface area contributed by atoms with Crippen molar-refractivity contribution in [2.45, 2.75) is 6.92 Å². The minimum Gasteiger partial charge on any atom is -0.496 e. The molecule has 0 aliphatic rings. The predicted molar refractivity (Wildman–Crippen MR) is 131 cm³/mol. The van der Waals surface area contributed by atoms with Gasteiger partial charge in [0, 0.05) is 27.9 Å². The van der Waals surface area contributed by atoms with Crippen LogP contribution >= 0.6 is 23.2 Å². The van der Waals surface area contributed by atoms with E-state index in [4.69, 9.17) is 27.9 Å². The number of hydrogen-bond acceptors (Lipinski definition) is 5. The predicted octanol–water partition coefficient (Wildman–Crippen LogP) is 5.63. The number of hydrogen-bond donors (Lipinski definition) is 2. The van der Waals surface area contributed by atoms with Gasteiger partial charge in [-0.25, -0.2) is 0 Å². The highest BCUT2D eigenvalue weighted by atomic mass is 35.5. The molecule has 0 aliphatic carbocycles. The number of methoxy groups -OCH3 is 1. The van der Waals surface area contributed by atoms with Crippen LogP contribution in [0.5, 0.6) is 5.75 Å². The van der Waals surface area contributed by atoms with Crippen molar-refractivity contribution in [3.63, 3.8) is 0 Å². The molecule has 0 aliphatic heterocycles. The van der Waals surface area contributed by atoms with Gasteiger partial charge in [0.2, 0.25) is 0 Å². The Morgan fingerprint density at radius 2 is 1.74 bits per heavy atom. The molecule has 3 aromatic rings. The highest BCUT2D eigenvalue weighted by Crippen LogP contribution is 2.24. The maximum Gasteiger partial charge on any atom is 0.272 e. The lowest BCUT2D eigenvalue weighted by atomic mass is 10.1. The van der Waals surface area contributed by atoms with Gasteiger partial charge in [-0.3, -0.25) is 19.7 Å². The molecule has 0 radical (unpaired) electrons. The third-order valence-electron chi connectivity index (χ3n) is 4.73. The molecule has 0 saturated heterocycles. The van der Waals surface area contributed by atoms with Crippen molar-refractivity contribution in [3.8, 4) is 5.75 Å². The third-order valence-corrected chi connectivity index (χ3v) is 5.20. The van der Waals surface area contributed by atoms with Crippen LogP contribution in [0.2, 0.25) is 10.0 Å². The maximum atomic E-state index is 13.1. The van der Waals surface area contributed by atoms with Gasteiger partial charge in [0.15, 0.2) is 0 Å². The number of anilines is 1. The van der Waals surface area contributed by atoms with Crippen LogP contribution < -0.4 is 15.4 Å². The molecule has 3 rings (SSSR count). The van der Waals surface area contributed by atoms with Crippen LogP contribution in [0.3, 0.4) is 0 Å². The van der Waals surface area contributed by atoms with Crippen LogP contribution in [0, 0.1) is 17.0 Å². The van der Waals surface area contributed by atoms with Crippen LogP contribution in [-0.4, -0.2) is 23.8 Å². The number of aryl methyl sites for hydroxylation is 1. The Kier molecular flexibility index (Phi) is 7.88. The first-order valence-electron chi connectivity index (χ1n) is 9.86. The van der Waals surface area contributed by atoms with Gasteiger partial charge >= 0.3 is 0 Å². The Bertz CT molecular complexity index is 1310. The van der Waals surface area contributed by atoms with Gasteiger partial charge in [0.05, 0.1) is 17.6 Å². The fourth-order valence-electron chi connectivity index (χ4n) is 3.06. The van der Waals surface area contributed by atoms with E-state index in [1.807, 2.05) is 0 Å². The molecular formula is C24H19Cl2N3O5. The maximum absolute atomic E-state index is 13.1. The summed E-state index contributed by atoms with van der Waals surface area (Å²) in [7, 11) is 1.40. The molecule has 0 aromatic heterocycles. The van der Waals surface area contributed by atoms with Crippen molar-refractivity contribution in [2.75, 3.05) is 12.4 Å². The summed E-state index contributed by atoms with van der Waals surface area (Å²) < 4.78 is 5.22. The molecule has 174 valence electrons. The molecule has 0 saturated carbocycles. The van der Waals surface area contributed by atoms with Crippen LogP contribution in [0.1, 0.15) is 21.5 Å². The number of carbonyl (C=O) groups is 2. The number of nitro groups is 1. The summed E-state index contributed by atoms with van der Waals surface area (Å²) in [6, 6.07) is 15.1. The van der Waals surface area contributed by atoms with E-state index in [1.54, 1.807) is 37.3 Å². The Morgan fingerprint density at radius 1 is 1.03 bits per heavy atom. The fraction of sp³-hybridized carbons (Fsp3) is 0.0833. The molecule has 0 unspecified atom stereocenters. The van der Waals surface area contributed by atoms with E-state index < -0.39 is 16.7 Å². The molecule has 0 fully saturated rings. The van der Waals surface area contributed by atoms with E-state index in [1.165, 1.54) is 43.5 Å². The summed E-state index contributed by atoms with van der Waals surface area (Å²) >= 11 is 12.0. The summed E-state index contributed by atoms with van der Waals surface area (Å²) in [6.07, 6.45) is 1.34. The minimum atomic E-state index is -0.654. The normalized spacial score (nSPS) is 11.0. The number of carbonyl (C=O) groups excluding carboxylic acids is 2. The van der Waals surface area contributed by atoms with Crippen molar-refractivity contribution in [2.24, 2.45) is 0 Å². The van der Waals surface area contributed by atoms with Gasteiger partial charge in [-0.2, -0.15) is 0 Å². The molecule has 2 amide bonds. The number of nitrogens with zero attached hydrogens (tertiary/aromatic N) is 1. The van der Waals surface area contributed by atoms with Crippen molar-refractivity contribution < 1.29 is 19.2 Å². The number of non-ortho nitro benzene ring substituents is 1. The van der Waals surface area contributed by atoms with Gasteiger partial charge in [-0.05, 0) is 60.5 Å². The number of benzene rings is 3. The summed E-state index contributed by atoms with van der Waals surface area (Å²) in [5.74, 6) is -1.05. The van der Waals surface area contributed by atoms with E-state index in [9.17, 15) is 19.7 Å². The van der Waals surface area contributed by atoms with E-state index in [-0.39, 0.29) is 22.7 Å². The number of ether oxygens (including phenoxy) is 1. The van der Waals surface area contributed by atoms with Gasteiger partial charge in [-0.15, -0.1) is 0 Å². The van der Waals surface area contributed by atoms with E-state index in [0.717, 1.165) is 0 Å². The molecule has 10 heteroatoms. The monoisotopic (exact) mass is 499 g/mol. The Hall–Kier alpha value is -3.88. The standard InChI is InChI=1S/C24H19Cl2N3O5/c1-14-10-16(25)6-8-20(14)27-24(31)21(12-15-4-3-5-18(11-15)29(32)33)28-23(30)19-13-17(26)7-9-22(19)34-2/h3-13H,1-2H3,(H,27,31)(H,28,30). The van der Waals surface area contributed by atoms with Crippen LogP contribution in [-0.2, 0) is 4.79 Å². The first-order valence-corrected chi connectivity index (χ1v) is 10.6. The highest BCUT2D eigenvalue weighted by molar-refractivity contribution is 6.31. The number of rotatable bonds is 7. The van der Waals surface area contributed by atoms with Crippen LogP contribution in [0.25, 0.3) is 6.08 Å². The average Bonchev–Trinajstić information content (AvgIpc) is 2.80. The summed E-state index contributed by atoms with van der Waals surface area (Å²) in [5.41, 5.74) is 1.32. The van der Waals surface area contributed by atoms with Gasteiger partial charge in [-0.1, -0.05) is 35.3 Å². The second-order valence-electron chi connectivity index (χ2n) is 7.12. The molecule has 3 aromatic carbocycles. The summed E-state index contributed by atoms with van der Waals surface area (Å²) in [4.78, 5) is 36.8. The topological polar surface area (TPSA) is 111 Å². The quantitative estimate of drug-likeness (QED) is 0.248. The molecule has 0 spiro atoms. The second-order valence-corrected chi connectivity index (χ2v) is 8.00. The zero-order chi connectivity index (χ0) is 24.8. The Balaban J connectivity index is 2.00. The third kappa shape index (κ3) is 6.12. The van der Waals surface area contributed by atoms with Crippen molar-refractivity contribution in [1.82, 2.24) is 5.32 Å². The number of nitro benzene ring substituents is 1. The molecule has 8 nitrogen and oxygen atoms in total. The van der Waals surface area contributed by atoms with Crippen molar-refractivity contribution >= 4 is 52.5 Å². The zero-order valence-electron chi connectivity index (χ0n) is 18.1. The molecule has 0 heterocycles. The van der Waals surface area contributed by atoms with Crippen molar-refractivity contribution in [1.29, 1.82) is 0 Å². The average molecular weight is 500 g/mol. The molecule has 2 N–H and O–H groups in total. The van der Waals surface area contributed by atoms with Crippen LogP contribution in [0.4, 0.5) is 11.4 Å². The summed E-state index contributed by atoms with van der Waals surface area (Å²) in [6.45, 7) is 1.76. The Morgan fingerprint density at radius 3 is 2.41 bits per heavy atom. The minimum absolute atomic E-state index is 0.107. The van der Waals surface area contributed by atoms with E-state index in [2.05, 4.69) is 10.6 Å². The van der Waals surface area contributed by atoms with Gasteiger partial charge in [0.25, 0.3) is 17.5 Å². The Labute approximate surface area is 205 Å². The molecular weight excluding hydrogens is 481 g/mol. The number of nitrogens with one attached hydrogen (secondary N) is 2. The largest absolute Gasteiger partial charge is 0.496 e. The van der Waals surface area contributed by atoms with Gasteiger partial charge < -0.3 is 15.4 Å². The van der Waals surface area contributed by atoms with Crippen LogP contribution in [0.15, 0.2) is 66.4 Å². The first kappa shape index (κ1) is 24.8.